The maximum absolute atomic E-state index is 6.43. The summed E-state index contributed by atoms with van der Waals surface area (Å²) in [6.45, 7) is 2.89. The van der Waals surface area contributed by atoms with Gasteiger partial charge in [-0.15, -0.1) is 0 Å². The molecule has 1 fully saturated rings. The van der Waals surface area contributed by atoms with Gasteiger partial charge in [0, 0.05) is 23.2 Å². The average Bonchev–Trinajstić information content (AvgIpc) is 2.50. The predicted octanol–water partition coefficient (Wildman–Crippen LogP) is 3.86. The van der Waals surface area contributed by atoms with Gasteiger partial charge in [-0.05, 0) is 50.8 Å². The van der Waals surface area contributed by atoms with Crippen molar-refractivity contribution >= 4 is 11.6 Å². The SMILES string of the molecule is COc1cccc(Cl)c1C(CN)N(C)C1CCC(C)CC1. The van der Waals surface area contributed by atoms with Crippen molar-refractivity contribution in [2.75, 3.05) is 20.7 Å². The lowest BCUT2D eigenvalue weighted by molar-refractivity contribution is 0.124. The topological polar surface area (TPSA) is 38.5 Å². The van der Waals surface area contributed by atoms with Gasteiger partial charge in [0.05, 0.1) is 13.2 Å². The normalized spacial score (nSPS) is 24.1. The standard InChI is InChI=1S/C17H27ClN2O/c1-12-7-9-13(10-8-12)20(2)15(11-19)17-14(18)5-4-6-16(17)21-3/h4-6,12-13,15H,7-11,19H2,1-3H3. The Hall–Kier alpha value is -0.770. The van der Waals surface area contributed by atoms with Crippen LogP contribution in [-0.2, 0) is 0 Å². The van der Waals surface area contributed by atoms with E-state index in [9.17, 15) is 0 Å². The summed E-state index contributed by atoms with van der Waals surface area (Å²) in [5, 5.41) is 0.737. The molecule has 0 spiro atoms. The second kappa shape index (κ2) is 7.48. The number of nitrogens with zero attached hydrogens (tertiary/aromatic N) is 1. The molecule has 1 atom stereocenters. The molecule has 0 bridgehead atoms. The highest BCUT2D eigenvalue weighted by molar-refractivity contribution is 6.31. The Morgan fingerprint density at radius 1 is 1.33 bits per heavy atom. The molecule has 2 rings (SSSR count). The van der Waals surface area contributed by atoms with Crippen molar-refractivity contribution in [3.8, 4) is 5.75 Å². The van der Waals surface area contributed by atoms with E-state index in [1.807, 2.05) is 18.2 Å². The van der Waals surface area contributed by atoms with E-state index in [-0.39, 0.29) is 6.04 Å². The van der Waals surface area contributed by atoms with E-state index in [2.05, 4.69) is 18.9 Å². The van der Waals surface area contributed by atoms with Gasteiger partial charge in [-0.2, -0.15) is 0 Å². The van der Waals surface area contributed by atoms with Crippen LogP contribution in [0.25, 0.3) is 0 Å². The van der Waals surface area contributed by atoms with Crippen molar-refractivity contribution in [2.24, 2.45) is 11.7 Å². The van der Waals surface area contributed by atoms with Crippen molar-refractivity contribution in [1.82, 2.24) is 4.90 Å². The molecule has 0 aliphatic heterocycles. The zero-order valence-electron chi connectivity index (χ0n) is 13.3. The molecule has 4 heteroatoms. The molecule has 1 aromatic carbocycles. The molecule has 21 heavy (non-hydrogen) atoms. The summed E-state index contributed by atoms with van der Waals surface area (Å²) in [5.74, 6) is 1.68. The highest BCUT2D eigenvalue weighted by Gasteiger charge is 2.29. The summed E-state index contributed by atoms with van der Waals surface area (Å²) in [6, 6.07) is 6.47. The molecule has 1 aliphatic carbocycles. The third kappa shape index (κ3) is 3.71. The Kier molecular flexibility index (Phi) is 5.91. The second-order valence-electron chi connectivity index (χ2n) is 6.19. The number of likely N-dealkylation sites (N-methyl/N-ethyl adjacent to an activating group) is 1. The molecule has 1 unspecified atom stereocenters. The number of rotatable bonds is 5. The molecule has 1 aliphatic rings. The molecule has 1 aromatic rings. The number of hydrogen-bond acceptors (Lipinski definition) is 3. The fourth-order valence-corrected chi connectivity index (χ4v) is 3.70. The molecule has 0 heterocycles. The summed E-state index contributed by atoms with van der Waals surface area (Å²) >= 11 is 6.43. The van der Waals surface area contributed by atoms with Crippen molar-refractivity contribution in [2.45, 2.75) is 44.7 Å². The third-order valence-corrected chi connectivity index (χ3v) is 5.17. The lowest BCUT2D eigenvalue weighted by Crippen LogP contribution is -2.40. The first-order chi connectivity index (χ1) is 10.1. The van der Waals surface area contributed by atoms with Gasteiger partial charge in [0.25, 0.3) is 0 Å². The van der Waals surface area contributed by atoms with Crippen LogP contribution >= 0.6 is 11.6 Å². The van der Waals surface area contributed by atoms with Gasteiger partial charge in [-0.25, -0.2) is 0 Å². The molecule has 3 nitrogen and oxygen atoms in total. The van der Waals surface area contributed by atoms with E-state index >= 15 is 0 Å². The molecular formula is C17H27ClN2O. The summed E-state index contributed by atoms with van der Waals surface area (Å²) in [5.41, 5.74) is 7.10. The summed E-state index contributed by atoms with van der Waals surface area (Å²) in [4.78, 5) is 2.40. The van der Waals surface area contributed by atoms with E-state index in [0.717, 1.165) is 22.3 Å². The van der Waals surface area contributed by atoms with Crippen molar-refractivity contribution in [1.29, 1.82) is 0 Å². The highest BCUT2D eigenvalue weighted by atomic mass is 35.5. The van der Waals surface area contributed by atoms with E-state index in [1.165, 1.54) is 25.7 Å². The van der Waals surface area contributed by atoms with E-state index in [1.54, 1.807) is 7.11 Å². The van der Waals surface area contributed by atoms with Crippen LogP contribution in [0.2, 0.25) is 5.02 Å². The maximum Gasteiger partial charge on any atom is 0.125 e. The first kappa shape index (κ1) is 16.6. The largest absolute Gasteiger partial charge is 0.496 e. The van der Waals surface area contributed by atoms with Crippen molar-refractivity contribution < 1.29 is 4.74 Å². The number of methoxy groups -OCH3 is 1. The zero-order chi connectivity index (χ0) is 15.4. The van der Waals surface area contributed by atoms with Crippen LogP contribution in [0.3, 0.4) is 0 Å². The molecule has 2 N–H and O–H groups in total. The summed E-state index contributed by atoms with van der Waals surface area (Å²) in [6.07, 6.45) is 5.07. The molecule has 118 valence electrons. The Labute approximate surface area is 133 Å². The monoisotopic (exact) mass is 310 g/mol. The third-order valence-electron chi connectivity index (χ3n) is 4.84. The van der Waals surface area contributed by atoms with Gasteiger partial charge in [-0.1, -0.05) is 24.6 Å². The van der Waals surface area contributed by atoms with E-state index < -0.39 is 0 Å². The lowest BCUT2D eigenvalue weighted by atomic mass is 9.86. The van der Waals surface area contributed by atoms with Gasteiger partial charge in [0.1, 0.15) is 5.75 Å². The van der Waals surface area contributed by atoms with Crippen molar-refractivity contribution in [3.63, 3.8) is 0 Å². The van der Waals surface area contributed by atoms with Gasteiger partial charge in [-0.3, -0.25) is 4.90 Å². The first-order valence-electron chi connectivity index (χ1n) is 7.82. The summed E-state index contributed by atoms with van der Waals surface area (Å²) < 4.78 is 5.50. The Bertz CT molecular complexity index is 458. The smallest absolute Gasteiger partial charge is 0.125 e. The highest BCUT2D eigenvalue weighted by Crippen LogP contribution is 2.37. The second-order valence-corrected chi connectivity index (χ2v) is 6.59. The van der Waals surface area contributed by atoms with Gasteiger partial charge >= 0.3 is 0 Å². The molecular weight excluding hydrogens is 284 g/mol. The van der Waals surface area contributed by atoms with Crippen LogP contribution in [0.5, 0.6) is 5.75 Å². The fraction of sp³-hybridized carbons (Fsp3) is 0.647. The number of ether oxygens (including phenoxy) is 1. The minimum absolute atomic E-state index is 0.104. The predicted molar refractivity (Wildman–Crippen MR) is 89.0 cm³/mol. The molecule has 0 saturated heterocycles. The van der Waals surface area contributed by atoms with Gasteiger partial charge in [0.2, 0.25) is 0 Å². The molecule has 0 radical (unpaired) electrons. The lowest BCUT2D eigenvalue weighted by Gasteiger charge is -2.39. The Balaban J connectivity index is 2.23. The van der Waals surface area contributed by atoms with Gasteiger partial charge < -0.3 is 10.5 Å². The number of benzene rings is 1. The minimum atomic E-state index is 0.104. The van der Waals surface area contributed by atoms with Crippen LogP contribution in [0.15, 0.2) is 18.2 Å². The maximum atomic E-state index is 6.43. The fourth-order valence-electron chi connectivity index (χ4n) is 3.41. The van der Waals surface area contributed by atoms with Crippen molar-refractivity contribution in [3.05, 3.63) is 28.8 Å². The minimum Gasteiger partial charge on any atom is -0.496 e. The van der Waals surface area contributed by atoms with Crippen LogP contribution in [0.4, 0.5) is 0 Å². The number of hydrogen-bond donors (Lipinski definition) is 1. The van der Waals surface area contributed by atoms with Gasteiger partial charge in [0.15, 0.2) is 0 Å². The molecule has 1 saturated carbocycles. The van der Waals surface area contributed by atoms with Crippen LogP contribution in [-0.4, -0.2) is 31.6 Å². The zero-order valence-corrected chi connectivity index (χ0v) is 14.1. The average molecular weight is 311 g/mol. The van der Waals surface area contributed by atoms with E-state index in [4.69, 9.17) is 22.1 Å². The van der Waals surface area contributed by atoms with Crippen LogP contribution < -0.4 is 10.5 Å². The molecule has 0 aromatic heterocycles. The van der Waals surface area contributed by atoms with E-state index in [0.29, 0.717) is 12.6 Å². The number of nitrogens with two attached hydrogens (primary N) is 1. The number of halogens is 1. The molecule has 0 amide bonds. The quantitative estimate of drug-likeness (QED) is 0.897. The Morgan fingerprint density at radius 2 is 2.00 bits per heavy atom. The first-order valence-corrected chi connectivity index (χ1v) is 8.20. The van der Waals surface area contributed by atoms with Crippen LogP contribution in [0, 0.1) is 5.92 Å². The summed E-state index contributed by atoms with van der Waals surface area (Å²) in [7, 11) is 3.85. The Morgan fingerprint density at radius 3 is 2.57 bits per heavy atom. The van der Waals surface area contributed by atoms with Crippen LogP contribution in [0.1, 0.15) is 44.2 Å².